The van der Waals surface area contributed by atoms with Crippen LogP contribution in [-0.4, -0.2) is 4.98 Å². The number of pyridine rings is 1. The largest absolute Gasteiger partial charge is 0.439 e. The summed E-state index contributed by atoms with van der Waals surface area (Å²) < 4.78 is 82.0. The van der Waals surface area contributed by atoms with Crippen molar-refractivity contribution < 1.29 is 31.1 Å². The first-order chi connectivity index (χ1) is 13.0. The third-order valence-corrected chi connectivity index (χ3v) is 3.84. The number of aryl methyl sites for hydroxylation is 1. The van der Waals surface area contributed by atoms with Gasteiger partial charge in [-0.3, -0.25) is 0 Å². The Morgan fingerprint density at radius 2 is 1.39 bits per heavy atom. The number of rotatable bonds is 3. The summed E-state index contributed by atoms with van der Waals surface area (Å²) in [4.78, 5) is 4.20. The summed E-state index contributed by atoms with van der Waals surface area (Å²) in [5, 5.41) is 0. The van der Waals surface area contributed by atoms with Gasteiger partial charge in [0.25, 0.3) is 0 Å². The number of benzene rings is 2. The number of alkyl halides is 6. The Morgan fingerprint density at radius 1 is 0.750 bits per heavy atom. The van der Waals surface area contributed by atoms with Gasteiger partial charge in [-0.15, -0.1) is 0 Å². The summed E-state index contributed by atoms with van der Waals surface area (Å²) in [6, 6.07) is 11.9. The van der Waals surface area contributed by atoms with E-state index >= 15 is 0 Å². The maximum atomic E-state index is 12.8. The monoisotopic (exact) mass is 397 g/mol. The van der Waals surface area contributed by atoms with E-state index < -0.39 is 23.5 Å². The van der Waals surface area contributed by atoms with Gasteiger partial charge in [0, 0.05) is 11.6 Å². The van der Waals surface area contributed by atoms with Gasteiger partial charge in [0.1, 0.15) is 5.75 Å². The fourth-order valence-corrected chi connectivity index (χ4v) is 2.52. The maximum Gasteiger partial charge on any atom is 0.416 e. The Bertz CT molecular complexity index is 977. The molecule has 0 aliphatic carbocycles. The highest BCUT2D eigenvalue weighted by molar-refractivity contribution is 5.61. The van der Waals surface area contributed by atoms with E-state index in [-0.39, 0.29) is 11.6 Å². The normalized spacial score (nSPS) is 12.1. The molecule has 0 unspecified atom stereocenters. The van der Waals surface area contributed by atoms with Gasteiger partial charge in [-0.05, 0) is 48.9 Å². The van der Waals surface area contributed by atoms with E-state index in [0.29, 0.717) is 16.8 Å². The van der Waals surface area contributed by atoms with Crippen molar-refractivity contribution in [1.29, 1.82) is 0 Å². The van der Waals surface area contributed by atoms with Crippen molar-refractivity contribution in [3.63, 3.8) is 0 Å². The van der Waals surface area contributed by atoms with Crippen molar-refractivity contribution in [3.8, 4) is 22.9 Å². The van der Waals surface area contributed by atoms with Crippen LogP contribution in [0.1, 0.15) is 16.7 Å². The van der Waals surface area contributed by atoms with Gasteiger partial charge in [0.15, 0.2) is 0 Å². The average Bonchev–Trinajstić information content (AvgIpc) is 2.60. The molecule has 0 atom stereocenters. The van der Waals surface area contributed by atoms with E-state index in [0.717, 1.165) is 24.3 Å². The van der Waals surface area contributed by atoms with Gasteiger partial charge >= 0.3 is 12.4 Å². The van der Waals surface area contributed by atoms with Gasteiger partial charge in [0.05, 0.1) is 16.8 Å². The van der Waals surface area contributed by atoms with Crippen molar-refractivity contribution >= 4 is 0 Å². The van der Waals surface area contributed by atoms with Gasteiger partial charge in [0.2, 0.25) is 5.88 Å². The fraction of sp³-hybridized carbons (Fsp3) is 0.150. The summed E-state index contributed by atoms with van der Waals surface area (Å²) in [5.41, 5.74) is -0.196. The quantitative estimate of drug-likeness (QED) is 0.449. The third-order valence-electron chi connectivity index (χ3n) is 3.84. The van der Waals surface area contributed by atoms with Crippen LogP contribution in [0.5, 0.6) is 11.6 Å². The molecule has 0 fully saturated rings. The topological polar surface area (TPSA) is 22.1 Å². The van der Waals surface area contributed by atoms with Crippen LogP contribution in [0.2, 0.25) is 0 Å². The standard InChI is InChI=1S/C20H13F6NO/c1-12-9-17(13-5-7-14(8-6-13)19(21,22)23)27-18(10-12)28-16-4-2-3-15(11-16)20(24,25)26/h2-11H,1H3. The smallest absolute Gasteiger partial charge is 0.416 e. The molecule has 0 aliphatic rings. The lowest BCUT2D eigenvalue weighted by atomic mass is 10.1. The van der Waals surface area contributed by atoms with Gasteiger partial charge in [-0.1, -0.05) is 18.2 Å². The molecule has 1 aromatic heterocycles. The minimum atomic E-state index is -4.51. The molecule has 0 radical (unpaired) electrons. The molecule has 0 spiro atoms. The molecule has 0 aliphatic heterocycles. The Kier molecular flexibility index (Phi) is 5.06. The number of ether oxygens (including phenoxy) is 1. The van der Waals surface area contributed by atoms with Crippen LogP contribution in [0.4, 0.5) is 26.3 Å². The van der Waals surface area contributed by atoms with Crippen molar-refractivity contribution in [1.82, 2.24) is 4.98 Å². The second-order valence-electron chi connectivity index (χ2n) is 6.07. The molecule has 146 valence electrons. The first-order valence-corrected chi connectivity index (χ1v) is 8.04. The predicted octanol–water partition coefficient (Wildman–Crippen LogP) is 6.89. The molecule has 2 aromatic carbocycles. The highest BCUT2D eigenvalue weighted by atomic mass is 19.4. The van der Waals surface area contributed by atoms with Crippen molar-refractivity contribution in [3.05, 3.63) is 77.4 Å². The van der Waals surface area contributed by atoms with E-state index in [9.17, 15) is 26.3 Å². The van der Waals surface area contributed by atoms with Crippen LogP contribution < -0.4 is 4.74 Å². The zero-order valence-corrected chi connectivity index (χ0v) is 14.4. The molecule has 28 heavy (non-hydrogen) atoms. The highest BCUT2D eigenvalue weighted by Gasteiger charge is 2.31. The molecule has 0 amide bonds. The second kappa shape index (κ2) is 7.18. The fourth-order valence-electron chi connectivity index (χ4n) is 2.52. The lowest BCUT2D eigenvalue weighted by Gasteiger charge is -2.12. The summed E-state index contributed by atoms with van der Waals surface area (Å²) in [6.07, 6.45) is -8.96. The van der Waals surface area contributed by atoms with E-state index in [2.05, 4.69) is 4.98 Å². The molecule has 0 bridgehead atoms. The Hall–Kier alpha value is -3.03. The molecule has 2 nitrogen and oxygen atoms in total. The van der Waals surface area contributed by atoms with Crippen LogP contribution in [0.15, 0.2) is 60.7 Å². The SMILES string of the molecule is Cc1cc(Oc2cccc(C(F)(F)F)c2)nc(-c2ccc(C(F)(F)F)cc2)c1. The summed E-state index contributed by atoms with van der Waals surface area (Å²) in [7, 11) is 0. The summed E-state index contributed by atoms with van der Waals surface area (Å²) >= 11 is 0. The summed E-state index contributed by atoms with van der Waals surface area (Å²) in [5.74, 6) is -0.0134. The van der Waals surface area contributed by atoms with E-state index in [1.165, 1.54) is 30.3 Å². The van der Waals surface area contributed by atoms with Crippen LogP contribution in [0.3, 0.4) is 0 Å². The number of aromatic nitrogens is 1. The van der Waals surface area contributed by atoms with Crippen LogP contribution >= 0.6 is 0 Å². The minimum Gasteiger partial charge on any atom is -0.439 e. The number of hydrogen-bond acceptors (Lipinski definition) is 2. The lowest BCUT2D eigenvalue weighted by molar-refractivity contribution is -0.138. The van der Waals surface area contributed by atoms with Crippen molar-refractivity contribution in [2.45, 2.75) is 19.3 Å². The van der Waals surface area contributed by atoms with Crippen molar-refractivity contribution in [2.24, 2.45) is 0 Å². The van der Waals surface area contributed by atoms with Gasteiger partial charge in [-0.2, -0.15) is 26.3 Å². The molecular weight excluding hydrogens is 384 g/mol. The van der Waals surface area contributed by atoms with Crippen molar-refractivity contribution in [2.75, 3.05) is 0 Å². The van der Waals surface area contributed by atoms with Gasteiger partial charge < -0.3 is 4.74 Å². The predicted molar refractivity (Wildman–Crippen MR) is 90.9 cm³/mol. The minimum absolute atomic E-state index is 0.0363. The van der Waals surface area contributed by atoms with E-state index in [1.54, 1.807) is 13.0 Å². The lowest BCUT2D eigenvalue weighted by Crippen LogP contribution is -2.04. The second-order valence-corrected chi connectivity index (χ2v) is 6.07. The molecule has 1 heterocycles. The summed E-state index contributed by atoms with van der Waals surface area (Å²) in [6.45, 7) is 1.72. The van der Waals surface area contributed by atoms with Crippen LogP contribution in [-0.2, 0) is 12.4 Å². The molecule has 3 aromatic rings. The molecule has 8 heteroatoms. The molecule has 0 N–H and O–H groups in total. The third kappa shape index (κ3) is 4.62. The van der Waals surface area contributed by atoms with E-state index in [4.69, 9.17) is 4.74 Å². The average molecular weight is 397 g/mol. The van der Waals surface area contributed by atoms with Gasteiger partial charge in [-0.25, -0.2) is 4.98 Å². The highest BCUT2D eigenvalue weighted by Crippen LogP contribution is 2.34. The molecule has 0 saturated carbocycles. The number of nitrogens with zero attached hydrogens (tertiary/aromatic N) is 1. The Balaban J connectivity index is 1.90. The Labute approximate surface area is 156 Å². The van der Waals surface area contributed by atoms with Crippen LogP contribution in [0, 0.1) is 6.92 Å². The van der Waals surface area contributed by atoms with Crippen LogP contribution in [0.25, 0.3) is 11.3 Å². The number of hydrogen-bond donors (Lipinski definition) is 0. The Morgan fingerprint density at radius 3 is 2.00 bits per heavy atom. The first kappa shape index (κ1) is 19.7. The first-order valence-electron chi connectivity index (χ1n) is 8.04. The van der Waals surface area contributed by atoms with E-state index in [1.807, 2.05) is 0 Å². The molecule has 0 saturated heterocycles. The number of halogens is 6. The molecule has 3 rings (SSSR count). The maximum absolute atomic E-state index is 12.8. The zero-order valence-electron chi connectivity index (χ0n) is 14.4. The molecular formula is C20H13F6NO. The zero-order chi connectivity index (χ0) is 20.5.